The summed E-state index contributed by atoms with van der Waals surface area (Å²) in [5.74, 6) is 0.0241. The molecular weight excluding hydrogens is 232 g/mol. The highest BCUT2D eigenvalue weighted by molar-refractivity contribution is 5.98. The van der Waals surface area contributed by atoms with E-state index < -0.39 is 0 Å². The lowest BCUT2D eigenvalue weighted by molar-refractivity contribution is 0.0952. The summed E-state index contributed by atoms with van der Waals surface area (Å²) < 4.78 is 1.79. The van der Waals surface area contributed by atoms with Crippen LogP contribution in [0.5, 0.6) is 0 Å². The van der Waals surface area contributed by atoms with Crippen LogP contribution in [0.1, 0.15) is 27.3 Å². The van der Waals surface area contributed by atoms with E-state index in [0.717, 1.165) is 17.0 Å². The number of aromatic amines is 1. The number of hydrogen-bond acceptors (Lipinski definition) is 4. The van der Waals surface area contributed by atoms with Gasteiger partial charge in [-0.3, -0.25) is 14.6 Å². The number of nitrogens with one attached hydrogen (secondary N) is 2. The van der Waals surface area contributed by atoms with Gasteiger partial charge < -0.3 is 11.1 Å². The maximum Gasteiger partial charge on any atom is 0.256 e. The van der Waals surface area contributed by atoms with Gasteiger partial charge in [0.25, 0.3) is 5.91 Å². The first-order valence-electron chi connectivity index (χ1n) is 5.56. The van der Waals surface area contributed by atoms with E-state index in [0.29, 0.717) is 12.1 Å². The van der Waals surface area contributed by atoms with Crippen LogP contribution in [-0.4, -0.2) is 25.9 Å². The number of aryl methyl sites for hydroxylation is 2. The van der Waals surface area contributed by atoms with Gasteiger partial charge in [0.05, 0.1) is 11.9 Å². The number of carbonyl (C=O) groups is 1. The van der Waals surface area contributed by atoms with E-state index in [1.165, 1.54) is 6.20 Å². The van der Waals surface area contributed by atoms with Crippen molar-refractivity contribution in [2.75, 3.05) is 5.73 Å². The summed E-state index contributed by atoms with van der Waals surface area (Å²) in [7, 11) is 1.88. The van der Waals surface area contributed by atoms with E-state index in [-0.39, 0.29) is 11.7 Å². The molecule has 0 spiro atoms. The molecule has 0 saturated heterocycles. The van der Waals surface area contributed by atoms with Crippen LogP contribution >= 0.6 is 0 Å². The first kappa shape index (κ1) is 12.2. The molecule has 7 nitrogen and oxygen atoms in total. The van der Waals surface area contributed by atoms with E-state index in [1.807, 2.05) is 20.9 Å². The topological polar surface area (TPSA) is 102 Å². The average Bonchev–Trinajstić information content (AvgIpc) is 2.83. The van der Waals surface area contributed by atoms with Crippen LogP contribution in [0.15, 0.2) is 6.20 Å². The van der Waals surface area contributed by atoms with Crippen molar-refractivity contribution in [3.63, 3.8) is 0 Å². The molecule has 0 fully saturated rings. The van der Waals surface area contributed by atoms with Gasteiger partial charge in [0.15, 0.2) is 0 Å². The Kier molecular flexibility index (Phi) is 3.05. The molecule has 2 aromatic heterocycles. The van der Waals surface area contributed by atoms with E-state index in [9.17, 15) is 4.79 Å². The van der Waals surface area contributed by atoms with Crippen LogP contribution in [-0.2, 0) is 13.6 Å². The van der Waals surface area contributed by atoms with Crippen molar-refractivity contribution in [1.82, 2.24) is 25.3 Å². The minimum absolute atomic E-state index is 0.246. The van der Waals surface area contributed by atoms with Crippen LogP contribution in [0.4, 0.5) is 5.82 Å². The molecular formula is C11H16N6O. The lowest BCUT2D eigenvalue weighted by atomic mass is 10.2. The highest BCUT2D eigenvalue weighted by Gasteiger charge is 2.14. The molecule has 0 aliphatic carbocycles. The summed E-state index contributed by atoms with van der Waals surface area (Å²) in [6, 6.07) is 0. The van der Waals surface area contributed by atoms with Gasteiger partial charge in [0, 0.05) is 24.8 Å². The predicted molar refractivity (Wildman–Crippen MR) is 66.9 cm³/mol. The van der Waals surface area contributed by atoms with Crippen molar-refractivity contribution in [3.8, 4) is 0 Å². The van der Waals surface area contributed by atoms with E-state index in [4.69, 9.17) is 5.73 Å². The highest BCUT2D eigenvalue weighted by atomic mass is 16.1. The minimum Gasteiger partial charge on any atom is -0.383 e. The minimum atomic E-state index is -0.246. The molecule has 0 saturated carbocycles. The first-order chi connectivity index (χ1) is 8.50. The summed E-state index contributed by atoms with van der Waals surface area (Å²) in [6.07, 6.45) is 1.41. The van der Waals surface area contributed by atoms with E-state index >= 15 is 0 Å². The van der Waals surface area contributed by atoms with Crippen LogP contribution in [0.3, 0.4) is 0 Å². The molecule has 0 aliphatic heterocycles. The third kappa shape index (κ3) is 2.06. The average molecular weight is 248 g/mol. The second-order valence-electron chi connectivity index (χ2n) is 4.15. The fourth-order valence-corrected chi connectivity index (χ4v) is 1.81. The Morgan fingerprint density at radius 1 is 1.56 bits per heavy atom. The zero-order valence-corrected chi connectivity index (χ0v) is 10.6. The molecule has 0 bridgehead atoms. The quantitative estimate of drug-likeness (QED) is 0.725. The molecule has 7 heteroatoms. The second kappa shape index (κ2) is 4.52. The zero-order valence-electron chi connectivity index (χ0n) is 10.6. The van der Waals surface area contributed by atoms with Crippen LogP contribution in [0, 0.1) is 13.8 Å². The number of H-pyrrole nitrogens is 1. The molecule has 2 aromatic rings. The Bertz CT molecular complexity index is 582. The largest absolute Gasteiger partial charge is 0.383 e. The molecule has 0 aromatic carbocycles. The Morgan fingerprint density at radius 3 is 2.78 bits per heavy atom. The smallest absolute Gasteiger partial charge is 0.256 e. The number of nitrogen functional groups attached to an aromatic ring is 1. The van der Waals surface area contributed by atoms with Crippen LogP contribution < -0.4 is 11.1 Å². The summed E-state index contributed by atoms with van der Waals surface area (Å²) >= 11 is 0. The number of nitrogens with two attached hydrogens (primary N) is 1. The van der Waals surface area contributed by atoms with Gasteiger partial charge in [-0.1, -0.05) is 0 Å². The molecule has 2 rings (SSSR count). The summed E-state index contributed by atoms with van der Waals surface area (Å²) in [5.41, 5.74) is 8.90. The monoisotopic (exact) mass is 248 g/mol. The summed E-state index contributed by atoms with van der Waals surface area (Å²) in [5, 5.41) is 13.3. The maximum atomic E-state index is 11.9. The second-order valence-corrected chi connectivity index (χ2v) is 4.15. The first-order valence-corrected chi connectivity index (χ1v) is 5.56. The van der Waals surface area contributed by atoms with Crippen molar-refractivity contribution >= 4 is 11.7 Å². The number of carbonyl (C=O) groups excluding carboxylic acids is 1. The number of aromatic nitrogens is 4. The number of anilines is 1. The fourth-order valence-electron chi connectivity index (χ4n) is 1.81. The molecule has 0 radical (unpaired) electrons. The molecule has 96 valence electrons. The molecule has 18 heavy (non-hydrogen) atoms. The lowest BCUT2D eigenvalue weighted by Gasteiger charge is -2.05. The van der Waals surface area contributed by atoms with Gasteiger partial charge in [-0.05, 0) is 13.8 Å². The van der Waals surface area contributed by atoms with Gasteiger partial charge >= 0.3 is 0 Å². The van der Waals surface area contributed by atoms with Crippen molar-refractivity contribution < 1.29 is 4.79 Å². The number of nitrogens with zero attached hydrogens (tertiary/aromatic N) is 3. The maximum absolute atomic E-state index is 11.9. The Labute approximate surface area is 104 Å². The Morgan fingerprint density at radius 2 is 2.28 bits per heavy atom. The number of rotatable bonds is 3. The van der Waals surface area contributed by atoms with Gasteiger partial charge in [-0.15, -0.1) is 0 Å². The standard InChI is InChI=1S/C11H16N6O/c1-6-8(7(2)17(3)16-6)4-13-11(18)9-5-14-15-10(9)12/h5H,4H2,1-3H3,(H,13,18)(H3,12,14,15). The van der Waals surface area contributed by atoms with Gasteiger partial charge in [-0.2, -0.15) is 10.2 Å². The third-order valence-electron chi connectivity index (χ3n) is 3.00. The van der Waals surface area contributed by atoms with Crippen molar-refractivity contribution in [2.24, 2.45) is 7.05 Å². The Hall–Kier alpha value is -2.31. The molecule has 4 N–H and O–H groups in total. The predicted octanol–water partition coefficient (Wildman–Crippen LogP) is 0.272. The van der Waals surface area contributed by atoms with E-state index in [1.54, 1.807) is 4.68 Å². The van der Waals surface area contributed by atoms with Crippen molar-refractivity contribution in [3.05, 3.63) is 28.7 Å². The summed E-state index contributed by atoms with van der Waals surface area (Å²) in [6.45, 7) is 4.31. The van der Waals surface area contributed by atoms with Crippen molar-refractivity contribution in [2.45, 2.75) is 20.4 Å². The van der Waals surface area contributed by atoms with Crippen LogP contribution in [0.25, 0.3) is 0 Å². The highest BCUT2D eigenvalue weighted by Crippen LogP contribution is 2.12. The van der Waals surface area contributed by atoms with E-state index in [2.05, 4.69) is 20.6 Å². The number of amides is 1. The van der Waals surface area contributed by atoms with Gasteiger partial charge in [0.2, 0.25) is 0 Å². The van der Waals surface area contributed by atoms with Gasteiger partial charge in [0.1, 0.15) is 11.4 Å². The SMILES string of the molecule is Cc1nn(C)c(C)c1CNC(=O)c1cn[nH]c1N. The molecule has 0 aliphatic rings. The molecule has 0 atom stereocenters. The Balaban J connectivity index is 2.09. The molecule has 0 unspecified atom stereocenters. The lowest BCUT2D eigenvalue weighted by Crippen LogP contribution is -2.23. The molecule has 2 heterocycles. The molecule has 1 amide bonds. The third-order valence-corrected chi connectivity index (χ3v) is 3.00. The summed E-state index contributed by atoms with van der Waals surface area (Å²) in [4.78, 5) is 11.9. The van der Waals surface area contributed by atoms with Gasteiger partial charge in [-0.25, -0.2) is 0 Å². The van der Waals surface area contributed by atoms with Crippen molar-refractivity contribution in [1.29, 1.82) is 0 Å². The normalized spacial score (nSPS) is 10.6. The fraction of sp³-hybridized carbons (Fsp3) is 0.364. The van der Waals surface area contributed by atoms with Crippen LogP contribution in [0.2, 0.25) is 0 Å². The number of hydrogen-bond donors (Lipinski definition) is 3. The zero-order chi connectivity index (χ0) is 13.3.